The number of primary sulfonamides is 1. The number of carbonyl (C=O) groups excluding carboxylic acids is 1. The van der Waals surface area contributed by atoms with Gasteiger partial charge >= 0.3 is 0 Å². The van der Waals surface area contributed by atoms with Crippen LogP contribution in [0.1, 0.15) is 43.1 Å². The minimum atomic E-state index is -3.82. The summed E-state index contributed by atoms with van der Waals surface area (Å²) < 4.78 is 23.1. The standard InChI is InChI=1S/C15H24N2O3S/c1-5-11(3)10-17(6-2)15(18)13-8-7-12(4)14(9-13)21(16,19)20/h7-9,11H,5-6,10H2,1-4H3,(H2,16,19,20). The number of rotatable bonds is 6. The van der Waals surface area contributed by atoms with Crippen molar-refractivity contribution in [2.75, 3.05) is 13.1 Å². The van der Waals surface area contributed by atoms with Gasteiger partial charge in [0, 0.05) is 18.7 Å². The molecule has 0 aromatic heterocycles. The van der Waals surface area contributed by atoms with Gasteiger partial charge in [0.15, 0.2) is 0 Å². The topological polar surface area (TPSA) is 80.5 Å². The molecule has 0 saturated carbocycles. The third-order valence-electron chi connectivity index (χ3n) is 3.64. The lowest BCUT2D eigenvalue weighted by Crippen LogP contribution is -2.34. The molecule has 1 unspecified atom stereocenters. The number of hydrogen-bond acceptors (Lipinski definition) is 3. The number of sulfonamides is 1. The van der Waals surface area contributed by atoms with E-state index in [1.165, 1.54) is 6.07 Å². The van der Waals surface area contributed by atoms with Crippen molar-refractivity contribution in [3.05, 3.63) is 29.3 Å². The maximum atomic E-state index is 12.5. The fourth-order valence-electron chi connectivity index (χ4n) is 2.08. The Labute approximate surface area is 127 Å². The SMILES string of the molecule is CCC(C)CN(CC)C(=O)c1ccc(C)c(S(N)(=O)=O)c1. The van der Waals surface area contributed by atoms with Crippen LogP contribution in [-0.2, 0) is 10.0 Å². The zero-order chi connectivity index (χ0) is 16.2. The first-order valence-electron chi connectivity index (χ1n) is 7.13. The molecule has 1 aromatic carbocycles. The number of carbonyl (C=O) groups is 1. The van der Waals surface area contributed by atoms with Crippen LogP contribution in [0.2, 0.25) is 0 Å². The molecule has 0 spiro atoms. The molecule has 0 aliphatic rings. The number of benzene rings is 1. The van der Waals surface area contributed by atoms with E-state index in [0.29, 0.717) is 30.1 Å². The van der Waals surface area contributed by atoms with Gasteiger partial charge in [0.2, 0.25) is 10.0 Å². The molecule has 0 aliphatic carbocycles. The molecule has 1 rings (SSSR count). The fraction of sp³-hybridized carbons (Fsp3) is 0.533. The van der Waals surface area contributed by atoms with Crippen LogP contribution in [0.15, 0.2) is 23.1 Å². The number of aryl methyl sites for hydroxylation is 1. The van der Waals surface area contributed by atoms with E-state index in [-0.39, 0.29) is 10.8 Å². The molecule has 0 saturated heterocycles. The molecule has 21 heavy (non-hydrogen) atoms. The summed E-state index contributed by atoms with van der Waals surface area (Å²) in [4.78, 5) is 14.2. The molecule has 0 radical (unpaired) electrons. The van der Waals surface area contributed by atoms with Crippen molar-refractivity contribution in [3.63, 3.8) is 0 Å². The summed E-state index contributed by atoms with van der Waals surface area (Å²) in [7, 11) is -3.82. The second-order valence-electron chi connectivity index (χ2n) is 5.38. The van der Waals surface area contributed by atoms with Gasteiger partial charge in [-0.05, 0) is 37.5 Å². The smallest absolute Gasteiger partial charge is 0.253 e. The normalized spacial score (nSPS) is 13.0. The maximum Gasteiger partial charge on any atom is 0.253 e. The van der Waals surface area contributed by atoms with Gasteiger partial charge in [0.25, 0.3) is 5.91 Å². The van der Waals surface area contributed by atoms with Gasteiger partial charge in [-0.3, -0.25) is 4.79 Å². The summed E-state index contributed by atoms with van der Waals surface area (Å²) in [6.45, 7) is 8.97. The van der Waals surface area contributed by atoms with Crippen LogP contribution in [0, 0.1) is 12.8 Å². The Kier molecular flexibility index (Phi) is 5.92. The summed E-state index contributed by atoms with van der Waals surface area (Å²) in [5.74, 6) is 0.236. The zero-order valence-corrected chi connectivity index (χ0v) is 13.9. The molecule has 1 atom stereocenters. The Bertz CT molecular complexity index is 611. The van der Waals surface area contributed by atoms with Crippen molar-refractivity contribution in [1.29, 1.82) is 0 Å². The van der Waals surface area contributed by atoms with Crippen molar-refractivity contribution in [1.82, 2.24) is 4.90 Å². The molecule has 6 heteroatoms. The average Bonchev–Trinajstić information content (AvgIpc) is 2.42. The first kappa shape index (κ1) is 17.7. The number of nitrogens with zero attached hydrogens (tertiary/aromatic N) is 1. The first-order chi connectivity index (χ1) is 9.70. The van der Waals surface area contributed by atoms with Crippen LogP contribution >= 0.6 is 0 Å². The molecule has 0 fully saturated rings. The fourth-order valence-corrected chi connectivity index (χ4v) is 2.89. The minimum absolute atomic E-state index is 0.00735. The van der Waals surface area contributed by atoms with E-state index < -0.39 is 10.0 Å². The summed E-state index contributed by atoms with van der Waals surface area (Å²) in [5.41, 5.74) is 0.897. The number of hydrogen-bond donors (Lipinski definition) is 1. The van der Waals surface area contributed by atoms with Crippen LogP contribution in [0.4, 0.5) is 0 Å². The third-order valence-corrected chi connectivity index (χ3v) is 4.69. The molecule has 0 aliphatic heterocycles. The van der Waals surface area contributed by atoms with Crippen LogP contribution in [0.25, 0.3) is 0 Å². The van der Waals surface area contributed by atoms with E-state index >= 15 is 0 Å². The van der Waals surface area contributed by atoms with E-state index in [0.717, 1.165) is 6.42 Å². The maximum absolute atomic E-state index is 12.5. The van der Waals surface area contributed by atoms with Crippen LogP contribution in [0.3, 0.4) is 0 Å². The lowest BCUT2D eigenvalue weighted by Gasteiger charge is -2.24. The highest BCUT2D eigenvalue weighted by atomic mass is 32.2. The summed E-state index contributed by atoms with van der Waals surface area (Å²) in [6.07, 6.45) is 0.986. The molecule has 1 amide bonds. The van der Waals surface area contributed by atoms with E-state index in [1.54, 1.807) is 24.0 Å². The summed E-state index contributed by atoms with van der Waals surface area (Å²) in [5, 5.41) is 5.18. The van der Waals surface area contributed by atoms with Gasteiger partial charge in [0.1, 0.15) is 0 Å². The van der Waals surface area contributed by atoms with Crippen molar-refractivity contribution in [2.45, 2.75) is 39.0 Å². The molecule has 0 bridgehead atoms. The predicted molar refractivity (Wildman–Crippen MR) is 83.6 cm³/mol. The largest absolute Gasteiger partial charge is 0.339 e. The summed E-state index contributed by atoms with van der Waals surface area (Å²) >= 11 is 0. The molecule has 5 nitrogen and oxygen atoms in total. The van der Waals surface area contributed by atoms with Gasteiger partial charge in [-0.2, -0.15) is 0 Å². The first-order valence-corrected chi connectivity index (χ1v) is 8.68. The predicted octanol–water partition coefficient (Wildman–Crippen LogP) is 2.15. The highest BCUT2D eigenvalue weighted by Crippen LogP contribution is 2.17. The Hall–Kier alpha value is -1.40. The Balaban J connectivity index is 3.12. The molecular formula is C15H24N2O3S. The van der Waals surface area contributed by atoms with Gasteiger partial charge < -0.3 is 4.90 Å². The molecule has 118 valence electrons. The molecule has 0 heterocycles. The third kappa shape index (κ3) is 4.54. The monoisotopic (exact) mass is 312 g/mol. The van der Waals surface area contributed by atoms with E-state index in [4.69, 9.17) is 5.14 Å². The molecule has 1 aromatic rings. The quantitative estimate of drug-likeness (QED) is 0.874. The summed E-state index contributed by atoms with van der Waals surface area (Å²) in [6, 6.07) is 4.63. The van der Waals surface area contributed by atoms with Crippen molar-refractivity contribution in [2.24, 2.45) is 11.1 Å². The Morgan fingerprint density at radius 1 is 1.33 bits per heavy atom. The Morgan fingerprint density at radius 3 is 2.43 bits per heavy atom. The van der Waals surface area contributed by atoms with E-state index in [9.17, 15) is 13.2 Å². The molecule has 2 N–H and O–H groups in total. The number of nitrogens with two attached hydrogens (primary N) is 1. The van der Waals surface area contributed by atoms with Crippen molar-refractivity contribution < 1.29 is 13.2 Å². The Morgan fingerprint density at radius 2 is 1.95 bits per heavy atom. The lowest BCUT2D eigenvalue weighted by molar-refractivity contribution is 0.0740. The van der Waals surface area contributed by atoms with Crippen molar-refractivity contribution >= 4 is 15.9 Å². The average molecular weight is 312 g/mol. The second-order valence-corrected chi connectivity index (χ2v) is 6.91. The van der Waals surface area contributed by atoms with Crippen LogP contribution in [-0.4, -0.2) is 32.3 Å². The van der Waals surface area contributed by atoms with Crippen molar-refractivity contribution in [3.8, 4) is 0 Å². The van der Waals surface area contributed by atoms with Crippen LogP contribution < -0.4 is 5.14 Å². The highest BCUT2D eigenvalue weighted by molar-refractivity contribution is 7.89. The van der Waals surface area contributed by atoms with Crippen LogP contribution in [0.5, 0.6) is 0 Å². The van der Waals surface area contributed by atoms with Gasteiger partial charge in [-0.1, -0.05) is 26.3 Å². The van der Waals surface area contributed by atoms with Gasteiger partial charge in [-0.15, -0.1) is 0 Å². The minimum Gasteiger partial charge on any atom is -0.339 e. The highest BCUT2D eigenvalue weighted by Gasteiger charge is 2.19. The second kappa shape index (κ2) is 7.04. The van der Waals surface area contributed by atoms with E-state index in [2.05, 4.69) is 13.8 Å². The van der Waals surface area contributed by atoms with Gasteiger partial charge in [0.05, 0.1) is 4.90 Å². The lowest BCUT2D eigenvalue weighted by atomic mass is 10.1. The zero-order valence-electron chi connectivity index (χ0n) is 13.1. The van der Waals surface area contributed by atoms with E-state index in [1.807, 2.05) is 6.92 Å². The number of amides is 1. The molecular weight excluding hydrogens is 288 g/mol. The van der Waals surface area contributed by atoms with Gasteiger partial charge in [-0.25, -0.2) is 13.6 Å².